The van der Waals surface area contributed by atoms with Crippen LogP contribution in [0, 0.1) is 6.92 Å². The van der Waals surface area contributed by atoms with Crippen LogP contribution < -0.4 is 0 Å². The van der Waals surface area contributed by atoms with E-state index in [1.165, 1.54) is 0 Å². The van der Waals surface area contributed by atoms with E-state index in [-0.39, 0.29) is 12.0 Å². The lowest BCUT2D eigenvalue weighted by Crippen LogP contribution is -2.46. The number of benzene rings is 1. The Morgan fingerprint density at radius 2 is 2.39 bits per heavy atom. The molecular formula is C13H15BrClNO2. The van der Waals surface area contributed by atoms with Gasteiger partial charge in [0.1, 0.15) is 0 Å². The van der Waals surface area contributed by atoms with Gasteiger partial charge < -0.3 is 9.64 Å². The van der Waals surface area contributed by atoms with E-state index in [0.29, 0.717) is 31.1 Å². The van der Waals surface area contributed by atoms with Crippen LogP contribution in [0.25, 0.3) is 0 Å². The average Bonchev–Trinajstić information content (AvgIpc) is 2.41. The lowest BCUT2D eigenvalue weighted by atomic mass is 10.1. The minimum Gasteiger partial charge on any atom is -0.373 e. The molecule has 1 amide bonds. The van der Waals surface area contributed by atoms with Crippen molar-refractivity contribution >= 4 is 33.4 Å². The van der Waals surface area contributed by atoms with E-state index in [0.717, 1.165) is 10.0 Å². The van der Waals surface area contributed by atoms with Crippen LogP contribution in [0.2, 0.25) is 0 Å². The Morgan fingerprint density at radius 1 is 1.61 bits per heavy atom. The summed E-state index contributed by atoms with van der Waals surface area (Å²) in [6.45, 7) is 3.72. The Morgan fingerprint density at radius 3 is 3.06 bits per heavy atom. The summed E-state index contributed by atoms with van der Waals surface area (Å²) in [7, 11) is 0. The van der Waals surface area contributed by atoms with Gasteiger partial charge in [0.2, 0.25) is 0 Å². The Kier molecular flexibility index (Phi) is 4.65. The SMILES string of the molecule is Cc1cc(C(=O)N2CCOC(CCl)C2)ccc1Br. The van der Waals surface area contributed by atoms with E-state index in [9.17, 15) is 4.79 Å². The molecule has 0 radical (unpaired) electrons. The molecule has 0 spiro atoms. The molecule has 1 unspecified atom stereocenters. The van der Waals surface area contributed by atoms with Gasteiger partial charge in [-0.15, -0.1) is 11.6 Å². The van der Waals surface area contributed by atoms with Crippen LogP contribution >= 0.6 is 27.5 Å². The number of carbonyl (C=O) groups is 1. The number of rotatable bonds is 2. The Hall–Kier alpha value is -0.580. The molecule has 18 heavy (non-hydrogen) atoms. The topological polar surface area (TPSA) is 29.5 Å². The van der Waals surface area contributed by atoms with Gasteiger partial charge in [-0.05, 0) is 30.7 Å². The number of aryl methyl sites for hydroxylation is 1. The number of nitrogens with zero attached hydrogens (tertiary/aromatic N) is 1. The highest BCUT2D eigenvalue weighted by Gasteiger charge is 2.24. The molecule has 1 heterocycles. The molecule has 0 N–H and O–H groups in total. The number of hydrogen-bond donors (Lipinski definition) is 0. The van der Waals surface area contributed by atoms with E-state index in [2.05, 4.69) is 15.9 Å². The van der Waals surface area contributed by atoms with E-state index in [1.807, 2.05) is 25.1 Å². The zero-order chi connectivity index (χ0) is 13.1. The molecule has 2 rings (SSSR count). The first-order valence-corrected chi connectivity index (χ1v) is 7.17. The maximum absolute atomic E-state index is 12.3. The second-order valence-electron chi connectivity index (χ2n) is 4.36. The lowest BCUT2D eigenvalue weighted by molar-refractivity contribution is -0.0108. The minimum absolute atomic E-state index is 0.0454. The van der Waals surface area contributed by atoms with Gasteiger partial charge in [0.05, 0.1) is 18.6 Å². The highest BCUT2D eigenvalue weighted by molar-refractivity contribution is 9.10. The molecule has 0 aliphatic carbocycles. The first kappa shape index (κ1) is 13.8. The third-order valence-electron chi connectivity index (χ3n) is 3.00. The van der Waals surface area contributed by atoms with Gasteiger partial charge in [0.25, 0.3) is 5.91 Å². The zero-order valence-electron chi connectivity index (χ0n) is 10.2. The van der Waals surface area contributed by atoms with Gasteiger partial charge in [-0.3, -0.25) is 4.79 Å². The molecule has 1 saturated heterocycles. The van der Waals surface area contributed by atoms with Crippen molar-refractivity contribution in [2.24, 2.45) is 0 Å². The molecular weight excluding hydrogens is 318 g/mol. The highest BCUT2D eigenvalue weighted by atomic mass is 79.9. The minimum atomic E-state index is -0.0547. The van der Waals surface area contributed by atoms with Crippen molar-refractivity contribution < 1.29 is 9.53 Å². The van der Waals surface area contributed by atoms with Crippen molar-refractivity contribution in [3.05, 3.63) is 33.8 Å². The van der Waals surface area contributed by atoms with E-state index in [4.69, 9.17) is 16.3 Å². The third kappa shape index (κ3) is 3.05. The standard InChI is InChI=1S/C13H15BrClNO2/c1-9-6-10(2-3-12(9)14)13(17)16-4-5-18-11(7-15)8-16/h2-3,6,11H,4-5,7-8H2,1H3. The van der Waals surface area contributed by atoms with Crippen molar-refractivity contribution in [2.45, 2.75) is 13.0 Å². The number of halogens is 2. The van der Waals surface area contributed by atoms with Gasteiger partial charge >= 0.3 is 0 Å². The molecule has 98 valence electrons. The van der Waals surface area contributed by atoms with Crippen molar-refractivity contribution in [2.75, 3.05) is 25.6 Å². The second-order valence-corrected chi connectivity index (χ2v) is 5.53. The fourth-order valence-corrected chi connectivity index (χ4v) is 2.39. The fraction of sp³-hybridized carbons (Fsp3) is 0.462. The zero-order valence-corrected chi connectivity index (χ0v) is 12.5. The number of ether oxygens (including phenoxy) is 1. The highest BCUT2D eigenvalue weighted by Crippen LogP contribution is 2.19. The second kappa shape index (κ2) is 6.04. The first-order chi connectivity index (χ1) is 8.61. The molecule has 1 aliphatic heterocycles. The van der Waals surface area contributed by atoms with Crippen LogP contribution in [-0.4, -0.2) is 42.5 Å². The molecule has 1 fully saturated rings. The average molecular weight is 333 g/mol. The summed E-state index contributed by atoms with van der Waals surface area (Å²) < 4.78 is 6.47. The number of alkyl halides is 1. The molecule has 5 heteroatoms. The molecule has 0 saturated carbocycles. The summed E-state index contributed by atoms with van der Waals surface area (Å²) in [5.74, 6) is 0.465. The molecule has 1 aromatic carbocycles. The smallest absolute Gasteiger partial charge is 0.254 e. The van der Waals surface area contributed by atoms with Crippen LogP contribution in [0.3, 0.4) is 0 Å². The fourth-order valence-electron chi connectivity index (χ4n) is 1.96. The van der Waals surface area contributed by atoms with Gasteiger partial charge in [0.15, 0.2) is 0 Å². The molecule has 0 aromatic heterocycles. The predicted octanol–water partition coefficient (Wildman–Crippen LogP) is 2.84. The number of amides is 1. The Labute approximate surface area is 120 Å². The summed E-state index contributed by atoms with van der Waals surface area (Å²) in [5, 5.41) is 0. The van der Waals surface area contributed by atoms with Gasteiger partial charge in [-0.1, -0.05) is 15.9 Å². The van der Waals surface area contributed by atoms with E-state index >= 15 is 0 Å². The molecule has 1 atom stereocenters. The van der Waals surface area contributed by atoms with Gasteiger partial charge in [-0.2, -0.15) is 0 Å². The quantitative estimate of drug-likeness (QED) is 0.780. The van der Waals surface area contributed by atoms with Crippen LogP contribution in [0.15, 0.2) is 22.7 Å². The number of hydrogen-bond acceptors (Lipinski definition) is 2. The predicted molar refractivity (Wildman–Crippen MR) is 75.2 cm³/mol. The van der Waals surface area contributed by atoms with Gasteiger partial charge in [-0.25, -0.2) is 0 Å². The van der Waals surface area contributed by atoms with Crippen molar-refractivity contribution in [1.29, 1.82) is 0 Å². The van der Waals surface area contributed by atoms with Crippen molar-refractivity contribution in [3.63, 3.8) is 0 Å². The van der Waals surface area contributed by atoms with E-state index in [1.54, 1.807) is 4.90 Å². The summed E-state index contributed by atoms with van der Waals surface area (Å²) in [5.41, 5.74) is 1.77. The maximum Gasteiger partial charge on any atom is 0.254 e. The maximum atomic E-state index is 12.3. The Bertz CT molecular complexity index is 453. The summed E-state index contributed by atoms with van der Waals surface area (Å²) >= 11 is 9.21. The first-order valence-electron chi connectivity index (χ1n) is 5.85. The van der Waals surface area contributed by atoms with Crippen molar-refractivity contribution in [3.8, 4) is 0 Å². The molecule has 1 aromatic rings. The summed E-state index contributed by atoms with van der Waals surface area (Å²) in [6, 6.07) is 5.64. The van der Waals surface area contributed by atoms with Gasteiger partial charge in [0, 0.05) is 23.1 Å². The number of morpholine rings is 1. The van der Waals surface area contributed by atoms with Crippen LogP contribution in [-0.2, 0) is 4.74 Å². The van der Waals surface area contributed by atoms with E-state index < -0.39 is 0 Å². The molecule has 3 nitrogen and oxygen atoms in total. The monoisotopic (exact) mass is 331 g/mol. The summed E-state index contributed by atoms with van der Waals surface area (Å²) in [6.07, 6.45) is -0.0547. The third-order valence-corrected chi connectivity index (χ3v) is 4.24. The number of carbonyl (C=O) groups excluding carboxylic acids is 1. The lowest BCUT2D eigenvalue weighted by Gasteiger charge is -2.32. The van der Waals surface area contributed by atoms with Crippen LogP contribution in [0.1, 0.15) is 15.9 Å². The van der Waals surface area contributed by atoms with Crippen LogP contribution in [0.4, 0.5) is 0 Å². The summed E-state index contributed by atoms with van der Waals surface area (Å²) in [4.78, 5) is 14.1. The Balaban J connectivity index is 2.12. The van der Waals surface area contributed by atoms with Crippen LogP contribution in [0.5, 0.6) is 0 Å². The molecule has 0 bridgehead atoms. The normalized spacial score (nSPS) is 19.9. The molecule has 1 aliphatic rings. The largest absolute Gasteiger partial charge is 0.373 e. The van der Waals surface area contributed by atoms with Crippen molar-refractivity contribution in [1.82, 2.24) is 4.90 Å².